The molecular weight excluding hydrogens is 196 g/mol. The molecule has 0 spiro atoms. The summed E-state index contributed by atoms with van der Waals surface area (Å²) in [5.41, 5.74) is -0.770. The summed E-state index contributed by atoms with van der Waals surface area (Å²) in [7, 11) is 1.80. The Morgan fingerprint density at radius 3 is 2.73 bits per heavy atom. The van der Waals surface area contributed by atoms with Crippen LogP contribution in [0.2, 0.25) is 0 Å². The molecule has 88 valence electrons. The van der Waals surface area contributed by atoms with Gasteiger partial charge in [0.2, 0.25) is 5.91 Å². The summed E-state index contributed by atoms with van der Waals surface area (Å²) in [5, 5.41) is 15.7. The molecule has 5 nitrogen and oxygen atoms in total. The predicted octanol–water partition coefficient (Wildman–Crippen LogP) is -0.746. The van der Waals surface area contributed by atoms with Gasteiger partial charge in [0.25, 0.3) is 0 Å². The molecular formula is C10H20N2O3. The molecule has 1 heterocycles. The number of rotatable bonds is 5. The molecule has 0 aromatic rings. The zero-order valence-electron chi connectivity index (χ0n) is 9.21. The van der Waals surface area contributed by atoms with Gasteiger partial charge in [-0.15, -0.1) is 0 Å². The summed E-state index contributed by atoms with van der Waals surface area (Å²) in [6.07, 6.45) is 1.64. The molecule has 1 aliphatic heterocycles. The van der Waals surface area contributed by atoms with E-state index in [9.17, 15) is 9.90 Å². The lowest BCUT2D eigenvalue weighted by molar-refractivity contribution is -0.123. The summed E-state index contributed by atoms with van der Waals surface area (Å²) in [6.45, 7) is 2.14. The number of ether oxygens (including phenoxy) is 1. The molecule has 1 saturated heterocycles. The van der Waals surface area contributed by atoms with Crippen molar-refractivity contribution >= 4 is 5.91 Å². The van der Waals surface area contributed by atoms with Crippen molar-refractivity contribution in [3.63, 3.8) is 0 Å². The van der Waals surface area contributed by atoms with Gasteiger partial charge < -0.3 is 20.5 Å². The van der Waals surface area contributed by atoms with E-state index in [1.165, 1.54) is 0 Å². The summed E-state index contributed by atoms with van der Waals surface area (Å²) in [6, 6.07) is 0. The smallest absolute Gasteiger partial charge is 0.221 e. The van der Waals surface area contributed by atoms with Crippen molar-refractivity contribution in [1.82, 2.24) is 10.6 Å². The first-order valence-corrected chi connectivity index (χ1v) is 5.38. The van der Waals surface area contributed by atoms with Crippen molar-refractivity contribution in [2.45, 2.75) is 24.9 Å². The Morgan fingerprint density at radius 2 is 2.13 bits per heavy atom. The molecule has 0 radical (unpaired) electrons. The summed E-state index contributed by atoms with van der Waals surface area (Å²) in [5.74, 6) is -0.0238. The number of carbonyl (C=O) groups excluding carboxylic acids is 1. The third kappa shape index (κ3) is 4.59. The van der Waals surface area contributed by atoms with Crippen LogP contribution in [-0.2, 0) is 9.53 Å². The zero-order valence-corrected chi connectivity index (χ0v) is 9.21. The Kier molecular flexibility index (Phi) is 5.01. The molecule has 1 amide bonds. The van der Waals surface area contributed by atoms with Gasteiger partial charge in [-0.25, -0.2) is 0 Å². The van der Waals surface area contributed by atoms with Crippen molar-refractivity contribution in [3.8, 4) is 0 Å². The van der Waals surface area contributed by atoms with Crippen molar-refractivity contribution in [3.05, 3.63) is 0 Å². The lowest BCUT2D eigenvalue weighted by atomic mass is 9.94. The second kappa shape index (κ2) is 6.05. The Morgan fingerprint density at radius 1 is 1.47 bits per heavy atom. The average molecular weight is 216 g/mol. The number of hydrogen-bond acceptors (Lipinski definition) is 4. The monoisotopic (exact) mass is 216 g/mol. The number of carbonyl (C=O) groups is 1. The van der Waals surface area contributed by atoms with E-state index in [2.05, 4.69) is 10.6 Å². The third-order valence-electron chi connectivity index (χ3n) is 2.64. The van der Waals surface area contributed by atoms with Crippen molar-refractivity contribution in [2.75, 3.05) is 33.4 Å². The van der Waals surface area contributed by atoms with E-state index in [1.807, 2.05) is 0 Å². The highest BCUT2D eigenvalue weighted by molar-refractivity contribution is 5.76. The predicted molar refractivity (Wildman–Crippen MR) is 56.6 cm³/mol. The fourth-order valence-corrected chi connectivity index (χ4v) is 1.52. The van der Waals surface area contributed by atoms with Gasteiger partial charge in [0, 0.05) is 45.6 Å². The maximum absolute atomic E-state index is 11.3. The molecule has 0 saturated carbocycles. The van der Waals surface area contributed by atoms with E-state index in [4.69, 9.17) is 4.74 Å². The molecule has 15 heavy (non-hydrogen) atoms. The first-order chi connectivity index (χ1) is 7.16. The number of aliphatic hydroxyl groups is 1. The van der Waals surface area contributed by atoms with Gasteiger partial charge in [-0.2, -0.15) is 0 Å². The quantitative estimate of drug-likeness (QED) is 0.566. The van der Waals surface area contributed by atoms with Crippen LogP contribution in [0.25, 0.3) is 0 Å². The second-order valence-corrected chi connectivity index (χ2v) is 3.97. The Balaban J connectivity index is 2.19. The Bertz CT molecular complexity index is 203. The minimum Gasteiger partial charge on any atom is -0.388 e. The largest absolute Gasteiger partial charge is 0.388 e. The van der Waals surface area contributed by atoms with Gasteiger partial charge in [-0.05, 0) is 7.05 Å². The van der Waals surface area contributed by atoms with Crippen LogP contribution in [0, 0.1) is 0 Å². The molecule has 0 unspecified atom stereocenters. The van der Waals surface area contributed by atoms with Gasteiger partial charge in [-0.1, -0.05) is 0 Å². The highest BCUT2D eigenvalue weighted by Crippen LogP contribution is 2.19. The Hall–Kier alpha value is -0.650. The van der Waals surface area contributed by atoms with E-state index < -0.39 is 5.60 Å². The van der Waals surface area contributed by atoms with Crippen LogP contribution < -0.4 is 10.6 Å². The van der Waals surface area contributed by atoms with Crippen LogP contribution in [0.4, 0.5) is 0 Å². The second-order valence-electron chi connectivity index (χ2n) is 3.97. The molecule has 1 fully saturated rings. The molecule has 1 aliphatic rings. The normalized spacial score (nSPS) is 19.9. The van der Waals surface area contributed by atoms with Crippen LogP contribution >= 0.6 is 0 Å². The minimum absolute atomic E-state index is 0.0238. The van der Waals surface area contributed by atoms with Crippen molar-refractivity contribution < 1.29 is 14.6 Å². The van der Waals surface area contributed by atoms with E-state index in [-0.39, 0.29) is 5.91 Å². The highest BCUT2D eigenvalue weighted by atomic mass is 16.5. The van der Waals surface area contributed by atoms with E-state index >= 15 is 0 Å². The van der Waals surface area contributed by atoms with E-state index in [1.54, 1.807) is 7.05 Å². The molecule has 0 atom stereocenters. The van der Waals surface area contributed by atoms with E-state index in [0.29, 0.717) is 45.6 Å². The summed E-state index contributed by atoms with van der Waals surface area (Å²) in [4.78, 5) is 11.3. The van der Waals surface area contributed by atoms with Crippen LogP contribution in [0.1, 0.15) is 19.3 Å². The maximum Gasteiger partial charge on any atom is 0.221 e. The van der Waals surface area contributed by atoms with Gasteiger partial charge in [-0.3, -0.25) is 4.79 Å². The third-order valence-corrected chi connectivity index (χ3v) is 2.64. The van der Waals surface area contributed by atoms with Crippen LogP contribution in [-0.4, -0.2) is 50.0 Å². The standard InChI is InChI=1S/C10H20N2O3/c1-11-5-2-9(13)12-8-10(14)3-6-15-7-4-10/h11,14H,2-8H2,1H3,(H,12,13). The maximum atomic E-state index is 11.3. The molecule has 3 N–H and O–H groups in total. The molecule has 1 rings (SSSR count). The van der Waals surface area contributed by atoms with Gasteiger partial charge >= 0.3 is 0 Å². The molecule has 5 heteroatoms. The molecule has 0 aromatic carbocycles. The van der Waals surface area contributed by atoms with Gasteiger partial charge in [0.15, 0.2) is 0 Å². The number of nitrogens with one attached hydrogen (secondary N) is 2. The first-order valence-electron chi connectivity index (χ1n) is 5.38. The topological polar surface area (TPSA) is 70.6 Å². The van der Waals surface area contributed by atoms with Crippen LogP contribution in [0.15, 0.2) is 0 Å². The highest BCUT2D eigenvalue weighted by Gasteiger charge is 2.29. The number of hydrogen-bond donors (Lipinski definition) is 3. The summed E-state index contributed by atoms with van der Waals surface area (Å²) >= 11 is 0. The molecule has 0 aromatic heterocycles. The fourth-order valence-electron chi connectivity index (χ4n) is 1.52. The molecule has 0 aliphatic carbocycles. The minimum atomic E-state index is -0.770. The van der Waals surface area contributed by atoms with Crippen LogP contribution in [0.3, 0.4) is 0 Å². The SMILES string of the molecule is CNCCC(=O)NCC1(O)CCOCC1. The molecule has 0 bridgehead atoms. The zero-order chi connectivity index (χ0) is 11.1. The average Bonchev–Trinajstić information content (AvgIpc) is 2.25. The Labute approximate surface area is 90.2 Å². The van der Waals surface area contributed by atoms with Crippen molar-refractivity contribution in [1.29, 1.82) is 0 Å². The number of amides is 1. The van der Waals surface area contributed by atoms with E-state index in [0.717, 1.165) is 0 Å². The van der Waals surface area contributed by atoms with Gasteiger partial charge in [0.1, 0.15) is 0 Å². The van der Waals surface area contributed by atoms with Crippen molar-refractivity contribution in [2.24, 2.45) is 0 Å². The summed E-state index contributed by atoms with van der Waals surface area (Å²) < 4.78 is 5.15. The lowest BCUT2D eigenvalue weighted by Crippen LogP contribution is -2.46. The first kappa shape index (κ1) is 12.4. The fraction of sp³-hybridized carbons (Fsp3) is 0.900. The van der Waals surface area contributed by atoms with Crippen LogP contribution in [0.5, 0.6) is 0 Å². The van der Waals surface area contributed by atoms with Gasteiger partial charge in [0.05, 0.1) is 5.60 Å². The lowest BCUT2D eigenvalue weighted by Gasteiger charge is -2.32.